The Kier molecular flexibility index (Phi) is 35.3. The second-order valence-corrected chi connectivity index (χ2v) is 34.8. The molecular weight excluding hydrogens is 1540 g/mol. The Morgan fingerprint density at radius 2 is 1.05 bits per heavy atom. The van der Waals surface area contributed by atoms with Crippen LogP contribution < -0.4 is 17.2 Å². The van der Waals surface area contributed by atoms with E-state index in [1.165, 1.54) is 46.0 Å². The van der Waals surface area contributed by atoms with E-state index in [1.807, 2.05) is 113 Å². The summed E-state index contributed by atoms with van der Waals surface area (Å²) in [7, 11) is 10.4. The van der Waals surface area contributed by atoms with Crippen LogP contribution in [0.25, 0.3) is 22.5 Å². The van der Waals surface area contributed by atoms with E-state index in [1.54, 1.807) is 73.1 Å². The molecule has 32 heteroatoms. The number of likely N-dealkylation sites (N-methyl/N-ethyl adjacent to an activating group) is 1. The maximum atomic E-state index is 16.9. The van der Waals surface area contributed by atoms with E-state index in [-0.39, 0.29) is 87.0 Å². The number of amides is 1. The molecule has 6 unspecified atom stereocenters. The van der Waals surface area contributed by atoms with Crippen LogP contribution >= 0.6 is 0 Å². The molecule has 24 atom stereocenters. The number of carbonyl (C=O) groups excluding carboxylic acids is 7. The van der Waals surface area contributed by atoms with Crippen LogP contribution in [0.15, 0.2) is 72.6 Å². The minimum atomic E-state index is -3.19. The second kappa shape index (κ2) is 42.0. The summed E-state index contributed by atoms with van der Waals surface area (Å²) < 4.78 is 91.3. The number of benzene rings is 2. The topological polar surface area (TPSA) is 392 Å². The minimum Gasteiger partial charge on any atom is -0.456 e. The van der Waals surface area contributed by atoms with Gasteiger partial charge in [-0.2, -0.15) is 0 Å². The molecule has 4 fully saturated rings. The molecule has 8 N–H and O–H groups in total. The number of unbranched alkanes of at least 4 members (excludes halogenated alkanes) is 2. The van der Waals surface area contributed by atoms with E-state index in [2.05, 4.69) is 25.5 Å². The molecule has 5 aliphatic heterocycles. The molecule has 2 aromatic carbocycles. The number of allylic oxidation sites excluding steroid dienone is 1. The maximum Gasteiger partial charge on any atom is 0.410 e. The van der Waals surface area contributed by atoms with E-state index < -0.39 is 142 Å². The molecule has 0 radical (unpaired) electrons. The van der Waals surface area contributed by atoms with Crippen molar-refractivity contribution in [3.8, 4) is 22.5 Å². The number of nitrogens with zero attached hydrogens (tertiary/aromatic N) is 9. The fraction of sp³-hybridized carbons (Fsp3) is 0.713. The lowest BCUT2D eigenvalue weighted by molar-refractivity contribution is -0.295. The normalized spacial score (nSPS) is 35.8. The van der Waals surface area contributed by atoms with Crippen LogP contribution in [0, 0.1) is 35.5 Å². The highest BCUT2D eigenvalue weighted by atomic mass is 19.1. The van der Waals surface area contributed by atoms with Crippen molar-refractivity contribution in [1.82, 2.24) is 44.7 Å². The predicted octanol–water partition coefficient (Wildman–Crippen LogP) is 10.5. The Bertz CT molecular complexity index is 4080. The number of carbonyl (C=O) groups is 7. The van der Waals surface area contributed by atoms with Gasteiger partial charge in [-0.05, 0) is 197 Å². The van der Waals surface area contributed by atoms with Gasteiger partial charge in [0.05, 0.1) is 54.1 Å². The number of ether oxygens (including phenoxy) is 9. The van der Waals surface area contributed by atoms with Crippen LogP contribution in [0.4, 0.5) is 25.0 Å². The van der Waals surface area contributed by atoms with Gasteiger partial charge in [0.2, 0.25) is 0 Å². The number of nitrogens with two attached hydrogens (primary N) is 3. The predicted molar refractivity (Wildman–Crippen MR) is 447 cm³/mol. The van der Waals surface area contributed by atoms with Crippen LogP contribution in [0.5, 0.6) is 0 Å². The average Bonchev–Trinajstić information content (AvgIpc) is 1.72. The maximum absolute atomic E-state index is 16.9. The van der Waals surface area contributed by atoms with Crippen molar-refractivity contribution in [2.24, 2.45) is 41.2 Å². The molecule has 7 heterocycles. The molecule has 5 aliphatic rings. The number of fused-ring (bicyclic) bond motifs is 1. The standard InChI is InChI=1S/C43H65FN6O10.C31H52FNO8.C12H17N5.CH4/c1-12-32-43(8)35(50(40(55)60-43)19-14-13-18-49-23-30(46-47-49)28-16-15-17-29(45)21-28)26(4)33(51)24(2)22-41(6,56-11)37(27(5)36(53)42(7,44)39(54)58-32)59-38-34(52)31(48(9)10)20-25(3)57-38;1-13-23-29(7,37)15-17(2)24(34)18(3)16-30(8,38-12)26(21(6)25(35)31(9,32)28(36)40-23)41-27-20(5)22(33(10)11)14-19(4)39-27;13-6-1-2-7-17-9-12(15-16-17)10-4-3-5-11(14)8-10;/h15-17,21,23-27,31-32,34-35,37-38,52H,12-14,18-20,22,45H2,1-11H3;15,18-23,26-27,37H,13-14,16H2,1-12H3;3-5,8-9H,1-2,6-7,13-14H2;1H4/b;17-15+;;/t24-,25?,26+,27+,31?,32-,34?,35-,37-,38+,41-,42+,43-;18-,19?,20?,21+,22?,23-,26-,27+,29+,30-,31+;;/m11../s1. The Morgan fingerprint density at radius 3 is 1.50 bits per heavy atom. The summed E-state index contributed by atoms with van der Waals surface area (Å²) in [6.07, 6.45) is 0.578. The van der Waals surface area contributed by atoms with E-state index in [0.29, 0.717) is 37.2 Å². The zero-order chi connectivity index (χ0) is 88.2. The highest BCUT2D eigenvalue weighted by molar-refractivity contribution is 6.08. The third-order valence-electron chi connectivity index (χ3n) is 24.5. The summed E-state index contributed by atoms with van der Waals surface area (Å²) in [5, 5.41) is 39.3. The first-order chi connectivity index (χ1) is 55.1. The van der Waals surface area contributed by atoms with Gasteiger partial charge in [-0.25, -0.2) is 23.2 Å². The zero-order valence-electron chi connectivity index (χ0n) is 73.6. The summed E-state index contributed by atoms with van der Waals surface area (Å²) >= 11 is 0. The van der Waals surface area contributed by atoms with Crippen molar-refractivity contribution < 1.29 is 95.2 Å². The number of aliphatic hydroxyl groups is 2. The molecule has 0 bridgehead atoms. The van der Waals surface area contributed by atoms with Gasteiger partial charge in [0, 0.05) is 104 Å². The van der Waals surface area contributed by atoms with Crippen molar-refractivity contribution in [2.75, 3.05) is 67.0 Å². The number of rotatable bonds is 21. The van der Waals surface area contributed by atoms with E-state index >= 15 is 8.78 Å². The SMILES string of the molecule is C.CC[C@H]1OC(=O)[C@@](C)(F)C(=O)[C@H](C)[C@@H](O[C@@H]2OC(C)CC(N(C)C)C2C)[C@](C)(OC)C[C@@H](C)C(=O)/C(C)=C/[C@]1(C)O.CC[C@H]1OC(=O)[C@@](C)(F)C(=O)[C@H](C)[C@@H](O[C@@H]2OC(C)CC(N(C)C)C2O)[C@](C)(OC)C[C@@H](C)C(=O)[C@H](C)[C@H]2N(CCCCn3cc(-c4cccc(N)c4)nn3)C(=O)O[C@]12C.NCCCCn1cc(-c2cccc(N)c2)nn1. The van der Waals surface area contributed by atoms with Crippen molar-refractivity contribution in [1.29, 1.82) is 0 Å². The summed E-state index contributed by atoms with van der Waals surface area (Å²) in [5.41, 5.74) is 9.75. The number of Topliss-reactive ketones (excluding diaryl/α,β-unsaturated/α-hetero) is 4. The number of aromatic nitrogens is 6. The van der Waals surface area contributed by atoms with Crippen LogP contribution in [0.2, 0.25) is 0 Å². The summed E-state index contributed by atoms with van der Waals surface area (Å²) in [5.74, 6) is -10.5. The van der Waals surface area contributed by atoms with Gasteiger partial charge in [-0.3, -0.25) is 28.5 Å². The number of cyclic esters (lactones) is 2. The zero-order valence-corrected chi connectivity index (χ0v) is 73.6. The minimum absolute atomic E-state index is 0. The monoisotopic (exact) mass is 1680 g/mol. The number of methoxy groups -OCH3 is 2. The van der Waals surface area contributed by atoms with Gasteiger partial charge in [-0.1, -0.05) is 97.5 Å². The highest BCUT2D eigenvalue weighted by Crippen LogP contribution is 2.46. The second-order valence-electron chi connectivity index (χ2n) is 34.8. The number of aryl methyl sites for hydroxylation is 2. The van der Waals surface area contributed by atoms with Crippen LogP contribution in [0.3, 0.4) is 0 Å². The Morgan fingerprint density at radius 1 is 0.613 bits per heavy atom. The molecule has 9 rings (SSSR count). The van der Waals surface area contributed by atoms with Crippen molar-refractivity contribution >= 4 is 52.5 Å². The number of aliphatic hydroxyl groups excluding tert-OH is 1. The molecule has 668 valence electrons. The molecule has 1 amide bonds. The number of nitrogen functional groups attached to an aromatic ring is 2. The number of anilines is 2. The van der Waals surface area contributed by atoms with Crippen LogP contribution in [-0.4, -0.2) is 259 Å². The Labute approximate surface area is 702 Å². The smallest absolute Gasteiger partial charge is 0.410 e. The molecule has 0 spiro atoms. The molecular formula is C87H138F2N12O18. The van der Waals surface area contributed by atoms with E-state index in [4.69, 9.17) is 59.8 Å². The number of esters is 2. The lowest BCUT2D eigenvalue weighted by atomic mass is 9.73. The quantitative estimate of drug-likeness (QED) is 0.0170. The molecule has 30 nitrogen and oxygen atoms in total. The van der Waals surface area contributed by atoms with Crippen LogP contribution in [-0.2, 0) is 84.5 Å². The van der Waals surface area contributed by atoms with Gasteiger partial charge in [-0.15, -0.1) is 10.2 Å². The van der Waals surface area contributed by atoms with Crippen molar-refractivity contribution in [3.05, 3.63) is 72.6 Å². The van der Waals surface area contributed by atoms with Crippen LogP contribution in [0.1, 0.15) is 189 Å². The number of hydrogen-bond acceptors (Lipinski definition) is 27. The molecule has 2 aromatic heterocycles. The first kappa shape index (κ1) is 100. The average molecular weight is 1680 g/mol. The third-order valence-corrected chi connectivity index (χ3v) is 24.5. The molecule has 4 saturated heterocycles. The number of halogens is 2. The summed E-state index contributed by atoms with van der Waals surface area (Å²) in [4.78, 5) is 103. The number of hydrogen-bond donors (Lipinski definition) is 5. The lowest BCUT2D eigenvalue weighted by Crippen LogP contribution is -2.61. The number of alkyl halides is 2. The van der Waals surface area contributed by atoms with E-state index in [0.717, 1.165) is 68.7 Å². The highest BCUT2D eigenvalue weighted by Gasteiger charge is 2.63. The fourth-order valence-corrected chi connectivity index (χ4v) is 17.6. The first-order valence-electron chi connectivity index (χ1n) is 41.4. The first-order valence-corrected chi connectivity index (χ1v) is 41.4. The van der Waals surface area contributed by atoms with Gasteiger partial charge in [0.25, 0.3) is 11.3 Å². The molecule has 0 aliphatic carbocycles. The van der Waals surface area contributed by atoms with Crippen molar-refractivity contribution in [2.45, 2.75) is 310 Å². The summed E-state index contributed by atoms with van der Waals surface area (Å²) in [6.45, 7) is 29.1. The molecule has 119 heavy (non-hydrogen) atoms. The summed E-state index contributed by atoms with van der Waals surface area (Å²) in [6, 6.07) is 13.8. The Balaban J connectivity index is 0.000000319. The molecule has 0 saturated carbocycles. The lowest BCUT2D eigenvalue weighted by Gasteiger charge is -2.47. The van der Waals surface area contributed by atoms with Gasteiger partial charge < -0.3 is 84.7 Å². The van der Waals surface area contributed by atoms with Gasteiger partial charge in [0.1, 0.15) is 41.1 Å². The van der Waals surface area contributed by atoms with Gasteiger partial charge in [0.15, 0.2) is 35.5 Å². The van der Waals surface area contributed by atoms with Crippen molar-refractivity contribution in [3.63, 3.8) is 0 Å². The molecule has 4 aromatic rings. The Hall–Kier alpha value is -7.63. The van der Waals surface area contributed by atoms with Gasteiger partial charge >= 0.3 is 18.0 Å². The fourth-order valence-electron chi connectivity index (χ4n) is 17.6. The largest absolute Gasteiger partial charge is 0.456 e. The number of ketones is 4. The third kappa shape index (κ3) is 23.6. The van der Waals surface area contributed by atoms with E-state index in [9.17, 15) is 43.8 Å².